The number of amides is 1. The predicted octanol–water partition coefficient (Wildman–Crippen LogP) is 4.28. The van der Waals surface area contributed by atoms with Crippen molar-refractivity contribution >= 4 is 17.3 Å². The first-order valence-corrected chi connectivity index (χ1v) is 12.2. The average Bonchev–Trinajstić information content (AvgIpc) is 2.90. The van der Waals surface area contributed by atoms with E-state index in [1.807, 2.05) is 41.3 Å². The van der Waals surface area contributed by atoms with Gasteiger partial charge in [-0.15, -0.1) is 0 Å². The summed E-state index contributed by atoms with van der Waals surface area (Å²) in [4.78, 5) is 31.0. The van der Waals surface area contributed by atoms with Gasteiger partial charge in [-0.25, -0.2) is 0 Å². The van der Waals surface area contributed by atoms with Crippen LogP contribution in [0.5, 0.6) is 0 Å². The number of anilines is 1. The van der Waals surface area contributed by atoms with Gasteiger partial charge in [0.25, 0.3) is 5.69 Å². The molecule has 1 atom stereocenters. The summed E-state index contributed by atoms with van der Waals surface area (Å²) >= 11 is 0. The minimum absolute atomic E-state index is 0.0502. The number of hydrogen-bond acceptors (Lipinski definition) is 5. The fourth-order valence-corrected chi connectivity index (χ4v) is 5.29. The second-order valence-corrected chi connectivity index (χ2v) is 9.24. The molecule has 2 aliphatic heterocycles. The molecule has 5 rings (SSSR count). The lowest BCUT2D eigenvalue weighted by atomic mass is 9.87. The van der Waals surface area contributed by atoms with Crippen molar-refractivity contribution in [3.05, 3.63) is 106 Å². The largest absolute Gasteiger partial charge is 0.369 e. The van der Waals surface area contributed by atoms with Crippen LogP contribution in [0.25, 0.3) is 0 Å². The number of fused-ring (bicyclic) bond motifs is 1. The zero-order valence-corrected chi connectivity index (χ0v) is 19.8. The van der Waals surface area contributed by atoms with E-state index in [1.165, 1.54) is 11.8 Å². The standard InChI is InChI=1S/C28H30N4O3/c33-27-21-22-8-4-5-13-26(22)28(23-9-6-12-25(20-23)32(34)35)31(27)15-7-14-29-16-18-30(19-17-29)24-10-2-1-3-11-24/h1-6,8-13,20,28H,7,14-19,21H2. The molecule has 3 aromatic carbocycles. The van der Waals surface area contributed by atoms with Crippen LogP contribution in [0.15, 0.2) is 78.9 Å². The van der Waals surface area contributed by atoms with Crippen molar-refractivity contribution in [1.29, 1.82) is 0 Å². The molecule has 7 heteroatoms. The third-order valence-corrected chi connectivity index (χ3v) is 7.09. The Morgan fingerprint density at radius 3 is 2.37 bits per heavy atom. The van der Waals surface area contributed by atoms with Crippen LogP contribution in [0.2, 0.25) is 0 Å². The highest BCUT2D eigenvalue weighted by molar-refractivity contribution is 5.82. The molecule has 1 amide bonds. The Morgan fingerprint density at radius 1 is 0.857 bits per heavy atom. The zero-order chi connectivity index (χ0) is 24.2. The minimum Gasteiger partial charge on any atom is -0.369 e. The van der Waals surface area contributed by atoms with Crippen molar-refractivity contribution in [2.75, 3.05) is 44.2 Å². The summed E-state index contributed by atoms with van der Waals surface area (Å²) in [6.07, 6.45) is 1.24. The number of carbonyl (C=O) groups is 1. The summed E-state index contributed by atoms with van der Waals surface area (Å²) in [6.45, 7) is 5.54. The van der Waals surface area contributed by atoms with E-state index in [9.17, 15) is 14.9 Å². The molecule has 0 saturated carbocycles. The van der Waals surface area contributed by atoms with E-state index in [0.717, 1.165) is 55.8 Å². The average molecular weight is 471 g/mol. The molecule has 0 bridgehead atoms. The number of hydrogen-bond donors (Lipinski definition) is 0. The molecule has 3 aromatic rings. The van der Waals surface area contributed by atoms with Gasteiger partial charge in [-0.1, -0.05) is 54.6 Å². The molecule has 35 heavy (non-hydrogen) atoms. The molecule has 1 unspecified atom stereocenters. The van der Waals surface area contributed by atoms with Crippen molar-refractivity contribution in [3.63, 3.8) is 0 Å². The van der Waals surface area contributed by atoms with Crippen molar-refractivity contribution in [2.24, 2.45) is 0 Å². The van der Waals surface area contributed by atoms with Gasteiger partial charge in [0.15, 0.2) is 0 Å². The summed E-state index contributed by atoms with van der Waals surface area (Å²) in [5, 5.41) is 11.4. The van der Waals surface area contributed by atoms with Crippen molar-refractivity contribution in [3.8, 4) is 0 Å². The smallest absolute Gasteiger partial charge is 0.269 e. The number of para-hydroxylation sites is 1. The van der Waals surface area contributed by atoms with Crippen LogP contribution in [-0.4, -0.2) is 59.9 Å². The highest BCUT2D eigenvalue weighted by Gasteiger charge is 2.33. The SMILES string of the molecule is O=C1Cc2ccccc2C(c2cccc([N+](=O)[O-])c2)N1CCCN1CCN(c2ccccc2)CC1. The summed E-state index contributed by atoms with van der Waals surface area (Å²) in [5.74, 6) is 0.0779. The Hall–Kier alpha value is -3.71. The van der Waals surface area contributed by atoms with Gasteiger partial charge < -0.3 is 9.80 Å². The van der Waals surface area contributed by atoms with E-state index in [4.69, 9.17) is 0 Å². The Kier molecular flexibility index (Phi) is 6.77. The lowest BCUT2D eigenvalue weighted by Gasteiger charge is -2.39. The van der Waals surface area contributed by atoms with Crippen LogP contribution in [0.3, 0.4) is 0 Å². The van der Waals surface area contributed by atoms with E-state index >= 15 is 0 Å². The third-order valence-electron chi connectivity index (χ3n) is 7.09. The summed E-state index contributed by atoms with van der Waals surface area (Å²) < 4.78 is 0. The van der Waals surface area contributed by atoms with Crippen molar-refractivity contribution < 1.29 is 9.72 Å². The van der Waals surface area contributed by atoms with E-state index in [0.29, 0.717) is 13.0 Å². The number of benzene rings is 3. The van der Waals surface area contributed by atoms with Crippen LogP contribution >= 0.6 is 0 Å². The Bertz CT molecular complexity index is 1190. The van der Waals surface area contributed by atoms with Crippen LogP contribution in [0, 0.1) is 10.1 Å². The Balaban J connectivity index is 1.27. The van der Waals surface area contributed by atoms with Crippen LogP contribution < -0.4 is 4.90 Å². The quantitative estimate of drug-likeness (QED) is 0.381. The first kappa shape index (κ1) is 23.1. The van der Waals surface area contributed by atoms with Crippen LogP contribution in [-0.2, 0) is 11.2 Å². The molecule has 1 fully saturated rings. The maximum atomic E-state index is 13.2. The summed E-state index contributed by atoms with van der Waals surface area (Å²) in [6, 6.07) is 24.9. The van der Waals surface area contributed by atoms with E-state index in [2.05, 4.69) is 34.1 Å². The van der Waals surface area contributed by atoms with E-state index < -0.39 is 0 Å². The summed E-state index contributed by atoms with van der Waals surface area (Å²) in [7, 11) is 0. The van der Waals surface area contributed by atoms with Gasteiger partial charge in [0.05, 0.1) is 17.4 Å². The molecule has 0 aliphatic carbocycles. The molecule has 0 aromatic heterocycles. The lowest BCUT2D eigenvalue weighted by molar-refractivity contribution is -0.384. The fourth-order valence-electron chi connectivity index (χ4n) is 5.29. The first-order chi connectivity index (χ1) is 17.1. The van der Waals surface area contributed by atoms with Gasteiger partial charge in [0, 0.05) is 50.5 Å². The number of nitro groups is 1. The van der Waals surface area contributed by atoms with E-state index in [-0.39, 0.29) is 22.6 Å². The Labute approximate surface area is 205 Å². The Morgan fingerprint density at radius 2 is 1.60 bits per heavy atom. The van der Waals surface area contributed by atoms with Gasteiger partial charge in [-0.05, 0) is 41.8 Å². The minimum atomic E-state index is -0.376. The van der Waals surface area contributed by atoms with Crippen LogP contribution in [0.1, 0.15) is 29.2 Å². The predicted molar refractivity (Wildman–Crippen MR) is 137 cm³/mol. The third kappa shape index (κ3) is 5.05. The molecular weight excluding hydrogens is 440 g/mol. The molecule has 2 aliphatic rings. The molecule has 7 nitrogen and oxygen atoms in total. The van der Waals surface area contributed by atoms with Crippen molar-refractivity contribution in [1.82, 2.24) is 9.80 Å². The molecule has 0 spiro atoms. The molecule has 1 saturated heterocycles. The van der Waals surface area contributed by atoms with E-state index in [1.54, 1.807) is 12.1 Å². The van der Waals surface area contributed by atoms with Gasteiger partial charge in [-0.3, -0.25) is 19.8 Å². The van der Waals surface area contributed by atoms with Crippen LogP contribution in [0.4, 0.5) is 11.4 Å². The number of rotatable bonds is 7. The normalized spacial score (nSPS) is 18.4. The fraction of sp³-hybridized carbons (Fsp3) is 0.321. The highest BCUT2D eigenvalue weighted by Crippen LogP contribution is 2.36. The maximum Gasteiger partial charge on any atom is 0.269 e. The van der Waals surface area contributed by atoms with Gasteiger partial charge in [0.2, 0.25) is 5.91 Å². The summed E-state index contributed by atoms with van der Waals surface area (Å²) in [5.41, 5.74) is 4.17. The number of piperazine rings is 1. The highest BCUT2D eigenvalue weighted by atomic mass is 16.6. The van der Waals surface area contributed by atoms with Gasteiger partial charge >= 0.3 is 0 Å². The number of nitrogens with zero attached hydrogens (tertiary/aromatic N) is 4. The molecule has 180 valence electrons. The molecule has 0 N–H and O–H groups in total. The second kappa shape index (κ2) is 10.3. The van der Waals surface area contributed by atoms with Gasteiger partial charge in [-0.2, -0.15) is 0 Å². The van der Waals surface area contributed by atoms with Gasteiger partial charge in [0.1, 0.15) is 0 Å². The van der Waals surface area contributed by atoms with Crippen molar-refractivity contribution in [2.45, 2.75) is 18.9 Å². The number of nitro benzene ring substituents is 1. The zero-order valence-electron chi connectivity index (χ0n) is 19.8. The lowest BCUT2D eigenvalue weighted by Crippen LogP contribution is -2.47. The number of carbonyl (C=O) groups excluding carboxylic acids is 1. The monoisotopic (exact) mass is 470 g/mol. The second-order valence-electron chi connectivity index (χ2n) is 9.24. The molecule has 2 heterocycles. The maximum absolute atomic E-state index is 13.2. The topological polar surface area (TPSA) is 69.9 Å². The number of non-ortho nitro benzene ring substituents is 1. The first-order valence-electron chi connectivity index (χ1n) is 12.2. The molecule has 0 radical (unpaired) electrons. The molecular formula is C28H30N4O3.